The van der Waals surface area contributed by atoms with E-state index in [4.69, 9.17) is 14.4 Å². The summed E-state index contributed by atoms with van der Waals surface area (Å²) in [7, 11) is 1.36. The molecule has 1 atom stereocenters. The minimum atomic E-state index is -1.98. The Hall–Kier alpha value is -3.72. The fraction of sp³-hybridized carbons (Fsp3) is 0.174. The first-order chi connectivity index (χ1) is 15.3. The molecule has 6 nitrogen and oxygen atoms in total. The average molecular weight is 442 g/mol. The van der Waals surface area contributed by atoms with Gasteiger partial charge in [0.1, 0.15) is 11.6 Å². The van der Waals surface area contributed by atoms with Crippen LogP contribution in [0.3, 0.4) is 0 Å². The van der Waals surface area contributed by atoms with E-state index in [9.17, 15) is 13.6 Å². The molecule has 1 aromatic heterocycles. The van der Waals surface area contributed by atoms with Gasteiger partial charge in [0.05, 0.1) is 12.2 Å². The molecule has 9 heteroatoms. The van der Waals surface area contributed by atoms with Gasteiger partial charge in [-0.05, 0) is 41.5 Å². The molecule has 3 aromatic rings. The first-order valence-electron chi connectivity index (χ1n) is 9.53. The fourth-order valence-electron chi connectivity index (χ4n) is 3.60. The van der Waals surface area contributed by atoms with Crippen molar-refractivity contribution in [2.45, 2.75) is 12.1 Å². The zero-order chi connectivity index (χ0) is 22.9. The van der Waals surface area contributed by atoms with Crippen LogP contribution in [-0.2, 0) is 4.74 Å². The van der Waals surface area contributed by atoms with Gasteiger partial charge in [0.15, 0.2) is 5.67 Å². The van der Waals surface area contributed by atoms with E-state index in [0.717, 1.165) is 12.1 Å². The maximum Gasteiger partial charge on any atom is 0.338 e. The van der Waals surface area contributed by atoms with Crippen LogP contribution in [0.2, 0.25) is 0 Å². The van der Waals surface area contributed by atoms with E-state index in [-0.39, 0.29) is 35.9 Å². The lowest BCUT2D eigenvalue weighted by Gasteiger charge is -2.30. The van der Waals surface area contributed by atoms with Gasteiger partial charge in [-0.15, -0.1) is 0 Å². The van der Waals surface area contributed by atoms with Gasteiger partial charge in [-0.2, -0.15) is 4.98 Å². The van der Waals surface area contributed by atoms with E-state index >= 15 is 4.39 Å². The van der Waals surface area contributed by atoms with Gasteiger partial charge in [-0.1, -0.05) is 29.4 Å². The van der Waals surface area contributed by atoms with Crippen LogP contribution in [-0.4, -0.2) is 40.6 Å². The smallest absolute Gasteiger partial charge is 0.338 e. The summed E-state index contributed by atoms with van der Waals surface area (Å²) in [6.45, 7) is -0.282. The summed E-state index contributed by atoms with van der Waals surface area (Å²) in [5.41, 5.74) is -1.22. The van der Waals surface area contributed by atoms with E-state index in [1.54, 1.807) is 12.1 Å². The van der Waals surface area contributed by atoms with Crippen LogP contribution in [0.25, 0.3) is 22.5 Å². The van der Waals surface area contributed by atoms with Crippen LogP contribution in [0.4, 0.5) is 13.2 Å². The molecule has 1 unspecified atom stereocenters. The van der Waals surface area contributed by atoms with Crippen molar-refractivity contribution in [1.82, 2.24) is 10.1 Å². The van der Waals surface area contributed by atoms with E-state index in [0.29, 0.717) is 11.1 Å². The van der Waals surface area contributed by atoms with Crippen molar-refractivity contribution in [3.8, 4) is 11.4 Å². The SMILES string of the molecule is COCC1(F)CC(c2nc(-c3ccc(C(=O)O)c(F)c3)no2)=CC=C1c1cccc(F)c1. The Morgan fingerprint density at radius 2 is 2.00 bits per heavy atom. The van der Waals surface area contributed by atoms with Crippen molar-refractivity contribution in [1.29, 1.82) is 0 Å². The molecule has 0 radical (unpaired) electrons. The average Bonchev–Trinajstić information content (AvgIpc) is 3.23. The molecule has 4 rings (SSSR count). The Kier molecular flexibility index (Phi) is 5.67. The van der Waals surface area contributed by atoms with E-state index in [1.807, 2.05) is 0 Å². The molecule has 0 spiro atoms. The number of hydrogen-bond acceptors (Lipinski definition) is 5. The van der Waals surface area contributed by atoms with Gasteiger partial charge >= 0.3 is 5.97 Å². The Labute approximate surface area is 180 Å². The second kappa shape index (κ2) is 8.43. The molecule has 1 heterocycles. The number of allylic oxidation sites excluding steroid dienone is 3. The molecule has 0 fully saturated rings. The summed E-state index contributed by atoms with van der Waals surface area (Å²) in [5, 5.41) is 12.7. The standard InChI is InChI=1S/C23H17F3N2O4/c1-31-12-23(26)11-15(6-8-18(23)13-3-2-4-16(24)9-13)21-27-20(28-32-21)14-5-7-17(22(29)30)19(25)10-14/h2-10H,11-12H2,1H3,(H,29,30). The van der Waals surface area contributed by atoms with Crippen LogP contribution in [0.1, 0.15) is 28.2 Å². The van der Waals surface area contributed by atoms with Crippen molar-refractivity contribution in [3.05, 3.63) is 83.3 Å². The predicted molar refractivity (Wildman–Crippen MR) is 109 cm³/mol. The Morgan fingerprint density at radius 1 is 1.19 bits per heavy atom. The number of aromatic carboxylic acids is 1. The number of benzene rings is 2. The monoisotopic (exact) mass is 442 g/mol. The number of halogens is 3. The number of carbonyl (C=O) groups is 1. The molecule has 1 aliphatic carbocycles. The number of carboxylic acid groups (broad SMARTS) is 1. The van der Waals surface area contributed by atoms with Crippen molar-refractivity contribution in [3.63, 3.8) is 0 Å². The zero-order valence-corrected chi connectivity index (χ0v) is 16.8. The van der Waals surface area contributed by atoms with Gasteiger partial charge in [0.25, 0.3) is 5.89 Å². The number of rotatable bonds is 6. The van der Waals surface area contributed by atoms with Gasteiger partial charge in [-0.3, -0.25) is 0 Å². The quantitative estimate of drug-likeness (QED) is 0.582. The van der Waals surface area contributed by atoms with Crippen LogP contribution >= 0.6 is 0 Å². The third-order valence-corrected chi connectivity index (χ3v) is 5.07. The molecule has 0 bridgehead atoms. The number of methoxy groups -OCH3 is 1. The van der Waals surface area contributed by atoms with Crippen LogP contribution in [0.5, 0.6) is 0 Å². The van der Waals surface area contributed by atoms with Crippen molar-refractivity contribution >= 4 is 17.1 Å². The zero-order valence-electron chi connectivity index (χ0n) is 16.8. The number of alkyl halides is 1. The van der Waals surface area contributed by atoms with Crippen molar-refractivity contribution < 1.29 is 32.3 Å². The minimum Gasteiger partial charge on any atom is -0.478 e. The van der Waals surface area contributed by atoms with Crippen LogP contribution in [0.15, 0.2) is 59.1 Å². The molecule has 0 amide bonds. The highest BCUT2D eigenvalue weighted by molar-refractivity contribution is 5.88. The molecule has 1 N–H and O–H groups in total. The van der Waals surface area contributed by atoms with Crippen molar-refractivity contribution in [2.24, 2.45) is 0 Å². The number of carboxylic acids is 1. The summed E-state index contributed by atoms with van der Waals surface area (Å²) < 4.78 is 53.9. The Balaban J connectivity index is 1.68. The molecule has 32 heavy (non-hydrogen) atoms. The van der Waals surface area contributed by atoms with Crippen LogP contribution in [0, 0.1) is 11.6 Å². The van der Waals surface area contributed by atoms with E-state index in [2.05, 4.69) is 10.1 Å². The highest BCUT2D eigenvalue weighted by Gasteiger charge is 2.39. The summed E-state index contributed by atoms with van der Waals surface area (Å²) in [5.74, 6) is -2.78. The molecule has 0 saturated carbocycles. The largest absolute Gasteiger partial charge is 0.478 e. The van der Waals surface area contributed by atoms with Crippen molar-refractivity contribution in [2.75, 3.05) is 13.7 Å². The number of hydrogen-bond donors (Lipinski definition) is 1. The molecule has 164 valence electrons. The molecule has 0 aliphatic heterocycles. The topological polar surface area (TPSA) is 85.5 Å². The fourth-order valence-corrected chi connectivity index (χ4v) is 3.60. The Bertz CT molecular complexity index is 1250. The number of aromatic nitrogens is 2. The summed E-state index contributed by atoms with van der Waals surface area (Å²) in [4.78, 5) is 15.2. The highest BCUT2D eigenvalue weighted by atomic mass is 19.1. The molecule has 2 aromatic carbocycles. The summed E-state index contributed by atoms with van der Waals surface area (Å²) >= 11 is 0. The first-order valence-corrected chi connectivity index (χ1v) is 9.53. The third-order valence-electron chi connectivity index (χ3n) is 5.07. The number of nitrogens with zero attached hydrogens (tertiary/aromatic N) is 2. The summed E-state index contributed by atoms with van der Waals surface area (Å²) in [6.07, 6.45) is 2.94. The van der Waals surface area contributed by atoms with E-state index in [1.165, 1.54) is 37.5 Å². The third kappa shape index (κ3) is 4.06. The highest BCUT2D eigenvalue weighted by Crippen LogP contribution is 2.42. The second-order valence-electron chi connectivity index (χ2n) is 7.28. The first kappa shape index (κ1) is 21.5. The van der Waals surface area contributed by atoms with E-state index < -0.39 is 28.8 Å². The molecule has 1 aliphatic rings. The lowest BCUT2D eigenvalue weighted by Crippen LogP contribution is -2.32. The maximum absolute atomic E-state index is 15.9. The lowest BCUT2D eigenvalue weighted by molar-refractivity contribution is 0.0692. The summed E-state index contributed by atoms with van der Waals surface area (Å²) in [6, 6.07) is 9.06. The minimum absolute atomic E-state index is 0.0212. The molecule has 0 saturated heterocycles. The normalized spacial score (nSPS) is 18.2. The van der Waals surface area contributed by atoms with Gasteiger partial charge < -0.3 is 14.4 Å². The lowest BCUT2D eigenvalue weighted by atomic mass is 9.81. The second-order valence-corrected chi connectivity index (χ2v) is 7.28. The van der Waals surface area contributed by atoms with Gasteiger partial charge in [0.2, 0.25) is 5.82 Å². The molecular formula is C23H17F3N2O4. The number of ether oxygens (including phenoxy) is 1. The maximum atomic E-state index is 15.9. The van der Waals surface area contributed by atoms with Gasteiger partial charge in [0, 0.05) is 24.7 Å². The predicted octanol–water partition coefficient (Wildman–Crippen LogP) is 4.94. The molecular weight excluding hydrogens is 425 g/mol. The Morgan fingerprint density at radius 3 is 2.69 bits per heavy atom. The van der Waals surface area contributed by atoms with Gasteiger partial charge in [-0.25, -0.2) is 18.0 Å². The van der Waals surface area contributed by atoms with Crippen LogP contribution < -0.4 is 0 Å².